The Morgan fingerprint density at radius 2 is 2.00 bits per heavy atom. The normalized spacial score (nSPS) is 22.0. The van der Waals surface area contributed by atoms with Gasteiger partial charge in [0.15, 0.2) is 0 Å². The van der Waals surface area contributed by atoms with Crippen molar-refractivity contribution in [2.45, 2.75) is 12.2 Å². The Kier molecular flexibility index (Phi) is 1.54. The quantitative estimate of drug-likeness (QED) is 0.516. The van der Waals surface area contributed by atoms with E-state index in [9.17, 15) is 0 Å². The first-order chi connectivity index (χ1) is 4.36. The van der Waals surface area contributed by atoms with Crippen molar-refractivity contribution >= 4 is 0 Å². The van der Waals surface area contributed by atoms with E-state index in [1.54, 1.807) is 18.2 Å². The van der Waals surface area contributed by atoms with E-state index in [0.717, 1.165) is 5.82 Å². The van der Waals surface area contributed by atoms with Crippen molar-refractivity contribution in [1.82, 2.24) is 0 Å². The van der Waals surface area contributed by atoms with Crippen molar-refractivity contribution in [1.29, 1.82) is 0 Å². The van der Waals surface area contributed by atoms with Gasteiger partial charge in [0.2, 0.25) is 0 Å². The summed E-state index contributed by atoms with van der Waals surface area (Å²) in [7, 11) is 0. The van der Waals surface area contributed by atoms with E-state index < -0.39 is 12.8 Å². The van der Waals surface area contributed by atoms with E-state index in [-0.39, 0.29) is 0 Å². The molecule has 0 atom stereocenters. The van der Waals surface area contributed by atoms with Gasteiger partial charge in [-0.05, 0) is 0 Å². The summed E-state index contributed by atoms with van der Waals surface area (Å²) < 4.78 is 27.8. The third-order valence-corrected chi connectivity index (χ3v) is 3.51. The van der Waals surface area contributed by atoms with E-state index in [1.165, 1.54) is 0 Å². The minimum absolute atomic E-state index is 0.349. The van der Waals surface area contributed by atoms with Crippen LogP contribution in [0.4, 0.5) is 0 Å². The van der Waals surface area contributed by atoms with Crippen LogP contribution in [0.2, 0.25) is 5.82 Å². The van der Waals surface area contributed by atoms with Crippen LogP contribution in [0.15, 0.2) is 22.7 Å². The molecule has 0 saturated carbocycles. The second-order valence-corrected chi connectivity index (χ2v) is 6.85. The summed E-state index contributed by atoms with van der Waals surface area (Å²) >= 11 is -4.63. The second kappa shape index (κ2) is 1.93. The summed E-state index contributed by atoms with van der Waals surface area (Å²) in [4.78, 5) is 0. The monoisotopic (exact) mass is 186 g/mol. The Bertz CT molecular complexity index is 200. The third kappa shape index (κ3) is 1.68. The Hall–Kier alpha value is -0.121. The predicted molar refractivity (Wildman–Crippen MR) is 34.4 cm³/mol. The van der Waals surface area contributed by atoms with Crippen molar-refractivity contribution in [2.24, 2.45) is 0 Å². The summed E-state index contributed by atoms with van der Waals surface area (Å²) in [5.41, 5.74) is 0. The molecule has 3 N–H and O–H groups in total. The molecule has 0 aromatic heterocycles. The van der Waals surface area contributed by atoms with Crippen LogP contribution in [-0.2, 0) is 12.8 Å². The number of rotatable bonds is 1. The Labute approximate surface area is 60.9 Å². The summed E-state index contributed by atoms with van der Waals surface area (Å²) in [6.07, 6.45) is 5.48. The molecule has 0 spiro atoms. The molecule has 0 aromatic carbocycles. The Morgan fingerprint density at radius 1 is 1.40 bits per heavy atom. The van der Waals surface area contributed by atoms with Gasteiger partial charge in [-0.25, -0.2) is 0 Å². The fourth-order valence-electron chi connectivity index (χ4n) is 0.749. The van der Waals surface area contributed by atoms with Crippen molar-refractivity contribution < 1.29 is 25.3 Å². The van der Waals surface area contributed by atoms with Gasteiger partial charge in [0.05, 0.1) is 0 Å². The van der Waals surface area contributed by atoms with Gasteiger partial charge in [0.25, 0.3) is 0 Å². The molecule has 3 nitrogen and oxygen atoms in total. The zero-order valence-electron chi connectivity index (χ0n) is 5.66. The molecule has 0 aliphatic heterocycles. The van der Waals surface area contributed by atoms with Crippen LogP contribution in [-0.4, -0.2) is 12.6 Å². The van der Waals surface area contributed by atoms with Gasteiger partial charge < -0.3 is 0 Å². The number of allylic oxidation sites excluding steroid dienone is 4. The molecule has 1 aliphatic carbocycles. The Balaban J connectivity index is 2.87. The van der Waals surface area contributed by atoms with E-state index in [2.05, 4.69) is 0 Å². The molecule has 10 heavy (non-hydrogen) atoms. The fourth-order valence-corrected chi connectivity index (χ4v) is 2.03. The summed E-state index contributed by atoms with van der Waals surface area (Å²) in [5, 5.41) is 0. The third-order valence-electron chi connectivity index (χ3n) is 1.29. The zero-order valence-corrected chi connectivity index (χ0v) is 6.84. The number of hydrogen-bond acceptors (Lipinski definition) is 3. The zero-order chi connectivity index (χ0) is 7.85. The Morgan fingerprint density at radius 3 is 2.20 bits per heavy atom. The van der Waals surface area contributed by atoms with Crippen molar-refractivity contribution in [3.8, 4) is 0 Å². The summed E-state index contributed by atoms with van der Waals surface area (Å²) in [6, 6.07) is 0. The van der Waals surface area contributed by atoms with Crippen LogP contribution < -0.4 is 0 Å². The average molecular weight is 186 g/mol. The first kappa shape index (κ1) is 7.98. The van der Waals surface area contributed by atoms with Gasteiger partial charge in [-0.3, -0.25) is 0 Å². The average Bonchev–Trinajstić information content (AvgIpc) is 2.04. The maximum absolute atomic E-state index is 9.14. The molecule has 0 heterocycles. The van der Waals surface area contributed by atoms with Gasteiger partial charge in [-0.1, -0.05) is 0 Å². The van der Waals surface area contributed by atoms with Crippen LogP contribution >= 0.6 is 0 Å². The van der Waals surface area contributed by atoms with E-state index in [0.29, 0.717) is 10.9 Å². The maximum atomic E-state index is 9.14. The molecule has 0 amide bonds. The molecule has 0 unspecified atom stereocenters. The molecule has 0 bridgehead atoms. The van der Waals surface area contributed by atoms with Crippen molar-refractivity contribution in [3.05, 3.63) is 22.7 Å². The molecule has 4 heteroatoms. The van der Waals surface area contributed by atoms with Gasteiger partial charge in [-0.2, -0.15) is 0 Å². The van der Waals surface area contributed by atoms with Crippen LogP contribution in [0.3, 0.4) is 0 Å². The molecule has 0 fully saturated rings. The van der Waals surface area contributed by atoms with Crippen LogP contribution in [0.25, 0.3) is 0 Å². The van der Waals surface area contributed by atoms with Crippen molar-refractivity contribution in [3.63, 3.8) is 0 Å². The van der Waals surface area contributed by atoms with Crippen LogP contribution in [0, 0.1) is 0 Å². The first-order valence-corrected chi connectivity index (χ1v) is 6.15. The SMILES string of the molecule is [CH3][Mn]([OH])([OH])([OH])[C]1=CC=CC1. The van der Waals surface area contributed by atoms with Gasteiger partial charge in [0, 0.05) is 0 Å². The van der Waals surface area contributed by atoms with Gasteiger partial charge in [0.1, 0.15) is 0 Å². The van der Waals surface area contributed by atoms with Crippen LogP contribution in [0.1, 0.15) is 6.42 Å². The summed E-state index contributed by atoms with van der Waals surface area (Å²) in [5.74, 6) is 1.10. The fraction of sp³-hybridized carbons (Fsp3) is 0.333. The molecular formula is C6H11MnO3. The van der Waals surface area contributed by atoms with Gasteiger partial charge in [-0.15, -0.1) is 0 Å². The summed E-state index contributed by atoms with van der Waals surface area (Å²) in [6.45, 7) is 0. The minimum atomic E-state index is -4.63. The van der Waals surface area contributed by atoms with E-state index >= 15 is 0 Å². The van der Waals surface area contributed by atoms with Crippen LogP contribution in [0.5, 0.6) is 0 Å². The second-order valence-electron chi connectivity index (χ2n) is 2.42. The molecule has 1 aliphatic rings. The van der Waals surface area contributed by atoms with Crippen molar-refractivity contribution in [2.75, 3.05) is 0 Å². The molecule has 0 radical (unpaired) electrons. The molecule has 0 saturated heterocycles. The first-order valence-electron chi connectivity index (χ1n) is 2.79. The molecule has 60 valence electrons. The molecule has 0 aromatic rings. The predicted octanol–water partition coefficient (Wildman–Crippen LogP) is 0.290. The van der Waals surface area contributed by atoms with E-state index in [1.807, 2.05) is 0 Å². The van der Waals surface area contributed by atoms with Gasteiger partial charge >= 0.3 is 60.3 Å². The molecule has 1 rings (SSSR count). The molecular weight excluding hydrogens is 175 g/mol. The number of hydrogen-bond donors (Lipinski definition) is 3. The van der Waals surface area contributed by atoms with E-state index in [4.69, 9.17) is 12.6 Å². The topological polar surface area (TPSA) is 60.7 Å². The standard InChI is InChI=1S/C5H5.CH3.Mn.3H2O/c1-2-4-5-3-1;;;;;/h1-3H,4H2;1H3;;3*1H2/q;;+3;;;/p-3.